The van der Waals surface area contributed by atoms with Crippen LogP contribution in [-0.2, 0) is 14.3 Å². The number of esters is 1. The molecule has 0 bridgehead atoms. The van der Waals surface area contributed by atoms with Crippen LogP contribution in [0.15, 0.2) is 48.5 Å². The van der Waals surface area contributed by atoms with Crippen LogP contribution in [0.25, 0.3) is 0 Å². The molecular weight excluding hydrogens is 420 g/mol. The Labute approximate surface area is 187 Å². The first-order valence-corrected chi connectivity index (χ1v) is 10.4. The summed E-state index contributed by atoms with van der Waals surface area (Å²) in [6.07, 6.45) is 0.219. The van der Waals surface area contributed by atoms with Gasteiger partial charge in [-0.3, -0.25) is 9.59 Å². The SMILES string of the molecule is CCC(C[C@H](C)C(=O)O)OC(=O)C(C)(C)Oc1ccc(C(=O)c2ccc(Cl)cc2)cc1. The lowest BCUT2D eigenvalue weighted by Crippen LogP contribution is -2.42. The third-order valence-corrected chi connectivity index (χ3v) is 5.11. The van der Waals surface area contributed by atoms with Crippen LogP contribution in [0.5, 0.6) is 5.75 Å². The molecule has 0 saturated carbocycles. The molecule has 2 rings (SSSR count). The standard InChI is InChI=1S/C24H27ClO6/c1-5-19(14-15(2)22(27)28)30-23(29)24(3,4)31-20-12-8-17(9-13-20)21(26)16-6-10-18(25)11-7-16/h6-13,15,19H,5,14H2,1-4H3,(H,27,28)/t15-,19?/m0/s1. The summed E-state index contributed by atoms with van der Waals surface area (Å²) >= 11 is 5.86. The number of hydrogen-bond donors (Lipinski definition) is 1. The molecule has 7 heteroatoms. The molecule has 0 amide bonds. The Morgan fingerprint density at radius 2 is 1.52 bits per heavy atom. The number of rotatable bonds is 10. The molecular formula is C24H27ClO6. The number of carboxylic acid groups (broad SMARTS) is 1. The lowest BCUT2D eigenvalue weighted by Gasteiger charge is -2.27. The van der Waals surface area contributed by atoms with E-state index in [9.17, 15) is 14.4 Å². The van der Waals surface area contributed by atoms with Crippen LogP contribution in [0, 0.1) is 5.92 Å². The summed E-state index contributed by atoms with van der Waals surface area (Å²) in [5.74, 6) is -1.88. The van der Waals surface area contributed by atoms with Gasteiger partial charge in [-0.05, 0) is 75.2 Å². The van der Waals surface area contributed by atoms with E-state index >= 15 is 0 Å². The molecule has 0 aliphatic carbocycles. The van der Waals surface area contributed by atoms with Crippen molar-refractivity contribution in [3.63, 3.8) is 0 Å². The lowest BCUT2D eigenvalue weighted by molar-refractivity contribution is -0.167. The molecule has 31 heavy (non-hydrogen) atoms. The van der Waals surface area contributed by atoms with Crippen molar-refractivity contribution in [1.29, 1.82) is 0 Å². The molecule has 0 spiro atoms. The van der Waals surface area contributed by atoms with Crippen molar-refractivity contribution in [1.82, 2.24) is 0 Å². The molecule has 6 nitrogen and oxygen atoms in total. The molecule has 0 aliphatic heterocycles. The van der Waals surface area contributed by atoms with E-state index in [1.807, 2.05) is 6.92 Å². The van der Waals surface area contributed by atoms with Crippen molar-refractivity contribution in [2.75, 3.05) is 0 Å². The van der Waals surface area contributed by atoms with Crippen molar-refractivity contribution in [2.45, 2.75) is 52.2 Å². The largest absolute Gasteiger partial charge is 0.481 e. The summed E-state index contributed by atoms with van der Waals surface area (Å²) in [5, 5.41) is 9.62. The molecule has 2 aromatic rings. The van der Waals surface area contributed by atoms with Gasteiger partial charge >= 0.3 is 11.9 Å². The van der Waals surface area contributed by atoms with Crippen molar-refractivity contribution in [3.8, 4) is 5.75 Å². The highest BCUT2D eigenvalue weighted by Gasteiger charge is 2.34. The smallest absolute Gasteiger partial charge is 0.350 e. The zero-order chi connectivity index (χ0) is 23.2. The predicted molar refractivity (Wildman–Crippen MR) is 118 cm³/mol. The minimum absolute atomic E-state index is 0.153. The summed E-state index contributed by atoms with van der Waals surface area (Å²) in [5.41, 5.74) is -0.298. The van der Waals surface area contributed by atoms with E-state index in [4.69, 9.17) is 26.2 Å². The van der Waals surface area contributed by atoms with E-state index in [0.29, 0.717) is 28.3 Å². The summed E-state index contributed by atoms with van der Waals surface area (Å²) in [7, 11) is 0. The highest BCUT2D eigenvalue weighted by molar-refractivity contribution is 6.30. The van der Waals surface area contributed by atoms with Crippen molar-refractivity contribution >= 4 is 29.3 Å². The Balaban J connectivity index is 2.03. The first-order valence-electron chi connectivity index (χ1n) is 10.1. The number of benzene rings is 2. The second-order valence-corrected chi connectivity index (χ2v) is 8.32. The van der Waals surface area contributed by atoms with E-state index in [1.165, 1.54) is 0 Å². The maximum atomic E-state index is 12.6. The molecule has 0 fully saturated rings. The summed E-state index contributed by atoms with van der Waals surface area (Å²) < 4.78 is 11.3. The maximum Gasteiger partial charge on any atom is 0.350 e. The van der Waals surface area contributed by atoms with Gasteiger partial charge in [-0.1, -0.05) is 25.4 Å². The Morgan fingerprint density at radius 1 is 1.00 bits per heavy atom. The fourth-order valence-corrected chi connectivity index (χ4v) is 2.99. The monoisotopic (exact) mass is 446 g/mol. The predicted octanol–water partition coefficient (Wildman–Crippen LogP) is 5.16. The van der Waals surface area contributed by atoms with Gasteiger partial charge in [0.05, 0.1) is 5.92 Å². The molecule has 1 N–H and O–H groups in total. The zero-order valence-electron chi connectivity index (χ0n) is 18.1. The van der Waals surface area contributed by atoms with Gasteiger partial charge in [0.2, 0.25) is 0 Å². The van der Waals surface area contributed by atoms with E-state index in [1.54, 1.807) is 69.3 Å². The third-order valence-electron chi connectivity index (χ3n) is 4.85. The fourth-order valence-electron chi connectivity index (χ4n) is 2.87. The Morgan fingerprint density at radius 3 is 2.00 bits per heavy atom. The molecule has 0 aliphatic rings. The fraction of sp³-hybridized carbons (Fsp3) is 0.375. The molecule has 0 radical (unpaired) electrons. The number of aliphatic carboxylic acids is 1. The van der Waals surface area contributed by atoms with Gasteiger partial charge in [-0.25, -0.2) is 4.79 Å². The Bertz CT molecular complexity index is 918. The van der Waals surface area contributed by atoms with Crippen molar-refractivity contribution in [3.05, 3.63) is 64.7 Å². The van der Waals surface area contributed by atoms with Crippen LogP contribution >= 0.6 is 11.6 Å². The van der Waals surface area contributed by atoms with E-state index < -0.39 is 29.6 Å². The highest BCUT2D eigenvalue weighted by atomic mass is 35.5. The van der Waals surface area contributed by atoms with Gasteiger partial charge < -0.3 is 14.6 Å². The van der Waals surface area contributed by atoms with E-state index in [2.05, 4.69) is 0 Å². The Kier molecular flexibility index (Phi) is 8.22. The summed E-state index contributed by atoms with van der Waals surface area (Å²) in [6.45, 7) is 6.56. The number of ketones is 1. The maximum absolute atomic E-state index is 12.6. The number of halogens is 1. The number of ether oxygens (including phenoxy) is 2. The zero-order valence-corrected chi connectivity index (χ0v) is 18.8. The van der Waals surface area contributed by atoms with Gasteiger partial charge in [0.15, 0.2) is 11.4 Å². The second-order valence-electron chi connectivity index (χ2n) is 7.88. The second kappa shape index (κ2) is 10.4. The third kappa shape index (κ3) is 6.82. The summed E-state index contributed by atoms with van der Waals surface area (Å²) in [4.78, 5) is 36.2. The Hall–Kier alpha value is -2.86. The molecule has 166 valence electrons. The number of carboxylic acids is 1. The normalized spacial score (nSPS) is 13.2. The van der Waals surface area contributed by atoms with Gasteiger partial charge in [0, 0.05) is 16.1 Å². The van der Waals surface area contributed by atoms with Crippen LogP contribution < -0.4 is 4.74 Å². The minimum atomic E-state index is -1.29. The van der Waals surface area contributed by atoms with Gasteiger partial charge in [-0.2, -0.15) is 0 Å². The minimum Gasteiger partial charge on any atom is -0.481 e. The quantitative estimate of drug-likeness (QED) is 0.400. The van der Waals surface area contributed by atoms with Crippen molar-refractivity contribution < 1.29 is 29.0 Å². The average Bonchev–Trinajstić information content (AvgIpc) is 2.73. The van der Waals surface area contributed by atoms with Gasteiger partial charge in [-0.15, -0.1) is 0 Å². The van der Waals surface area contributed by atoms with E-state index in [0.717, 1.165) is 0 Å². The number of carbonyl (C=O) groups is 3. The molecule has 2 atom stereocenters. The van der Waals surface area contributed by atoms with Gasteiger partial charge in [0.25, 0.3) is 0 Å². The topological polar surface area (TPSA) is 89.9 Å². The first kappa shape index (κ1) is 24.4. The summed E-state index contributed by atoms with van der Waals surface area (Å²) in [6, 6.07) is 13.1. The number of hydrogen-bond acceptors (Lipinski definition) is 5. The highest BCUT2D eigenvalue weighted by Crippen LogP contribution is 2.23. The average molecular weight is 447 g/mol. The van der Waals surface area contributed by atoms with Crippen LogP contribution in [0.3, 0.4) is 0 Å². The van der Waals surface area contributed by atoms with Crippen LogP contribution in [-0.4, -0.2) is 34.5 Å². The molecule has 0 aromatic heterocycles. The molecule has 0 heterocycles. The van der Waals surface area contributed by atoms with Crippen LogP contribution in [0.1, 0.15) is 56.5 Å². The molecule has 1 unspecified atom stereocenters. The van der Waals surface area contributed by atoms with Crippen LogP contribution in [0.4, 0.5) is 0 Å². The number of carbonyl (C=O) groups excluding carboxylic acids is 2. The van der Waals surface area contributed by atoms with E-state index in [-0.39, 0.29) is 12.2 Å². The van der Waals surface area contributed by atoms with Crippen molar-refractivity contribution in [2.24, 2.45) is 5.92 Å². The van der Waals surface area contributed by atoms with Gasteiger partial charge in [0.1, 0.15) is 11.9 Å². The van der Waals surface area contributed by atoms with Crippen LogP contribution in [0.2, 0.25) is 5.02 Å². The molecule has 2 aromatic carbocycles. The molecule has 0 saturated heterocycles. The first-order chi connectivity index (χ1) is 14.5. The lowest BCUT2D eigenvalue weighted by atomic mass is 10.0.